The Morgan fingerprint density at radius 2 is 1.95 bits per heavy atom. The second-order valence-electron chi connectivity index (χ2n) is 5.18. The molecule has 1 aliphatic carbocycles. The Morgan fingerprint density at radius 3 is 2.47 bits per heavy atom. The van der Waals surface area contributed by atoms with Crippen LogP contribution in [0, 0.1) is 11.8 Å². The third-order valence-electron chi connectivity index (χ3n) is 4.08. The van der Waals surface area contributed by atoms with Crippen LogP contribution in [0.5, 0.6) is 0 Å². The number of rotatable bonds is 7. The highest BCUT2D eigenvalue weighted by atomic mass is 32.2. The van der Waals surface area contributed by atoms with Gasteiger partial charge in [0.25, 0.3) is 0 Å². The van der Waals surface area contributed by atoms with E-state index in [9.17, 15) is 13.2 Å². The van der Waals surface area contributed by atoms with E-state index >= 15 is 0 Å². The average molecular weight is 291 g/mol. The number of ether oxygens (including phenoxy) is 1. The van der Waals surface area contributed by atoms with Crippen molar-refractivity contribution in [3.8, 4) is 0 Å². The first-order valence-corrected chi connectivity index (χ1v) is 8.57. The normalized spacial score (nSPS) is 23.8. The molecule has 2 atom stereocenters. The molecule has 19 heavy (non-hydrogen) atoms. The molecule has 0 saturated heterocycles. The molecule has 1 fully saturated rings. The van der Waals surface area contributed by atoms with Gasteiger partial charge in [-0.25, -0.2) is 13.1 Å². The molecule has 2 unspecified atom stereocenters. The summed E-state index contributed by atoms with van der Waals surface area (Å²) in [5, 5.41) is -0.630. The van der Waals surface area contributed by atoms with Crippen LogP contribution in [-0.4, -0.2) is 33.3 Å². The summed E-state index contributed by atoms with van der Waals surface area (Å²) in [7, 11) is -2.12. The van der Waals surface area contributed by atoms with Crippen molar-refractivity contribution in [2.45, 2.75) is 51.2 Å². The van der Waals surface area contributed by atoms with Crippen molar-refractivity contribution >= 4 is 16.0 Å². The highest BCUT2D eigenvalue weighted by Crippen LogP contribution is 2.31. The summed E-state index contributed by atoms with van der Waals surface area (Å²) in [6.07, 6.45) is 3.80. The molecule has 1 rings (SSSR count). The molecule has 0 heterocycles. The summed E-state index contributed by atoms with van der Waals surface area (Å²) < 4.78 is 31.9. The zero-order chi connectivity index (χ0) is 14.5. The van der Waals surface area contributed by atoms with E-state index in [1.807, 2.05) is 0 Å². The SMILES string of the molecule is CCC(CC)CNS(=O)(=O)C1CCCC1C(=O)OC. The standard InChI is InChI=1S/C13H25NO4S/c1-4-10(5-2)9-14-19(16,17)12-8-6-7-11(12)13(15)18-3/h10-12,14H,4-9H2,1-3H3. The summed E-state index contributed by atoms with van der Waals surface area (Å²) in [6, 6.07) is 0. The van der Waals surface area contributed by atoms with Crippen LogP contribution in [0.25, 0.3) is 0 Å². The van der Waals surface area contributed by atoms with Crippen molar-refractivity contribution in [2.75, 3.05) is 13.7 Å². The van der Waals surface area contributed by atoms with Crippen LogP contribution in [0.3, 0.4) is 0 Å². The van der Waals surface area contributed by atoms with E-state index in [1.165, 1.54) is 7.11 Å². The van der Waals surface area contributed by atoms with Crippen molar-refractivity contribution in [1.82, 2.24) is 4.72 Å². The Kier molecular flexibility index (Phi) is 6.26. The average Bonchev–Trinajstić information content (AvgIpc) is 2.89. The predicted octanol–water partition coefficient (Wildman–Crippen LogP) is 1.68. The van der Waals surface area contributed by atoms with E-state index in [-0.39, 0.29) is 0 Å². The number of carbonyl (C=O) groups is 1. The molecule has 0 aromatic heterocycles. The lowest BCUT2D eigenvalue weighted by Crippen LogP contribution is -2.41. The minimum absolute atomic E-state index is 0.354. The molecule has 1 saturated carbocycles. The maximum atomic E-state index is 12.3. The quantitative estimate of drug-likeness (QED) is 0.724. The fraction of sp³-hybridized carbons (Fsp3) is 0.923. The Morgan fingerprint density at radius 1 is 1.32 bits per heavy atom. The summed E-state index contributed by atoms with van der Waals surface area (Å²) in [5.74, 6) is -0.563. The van der Waals surface area contributed by atoms with Gasteiger partial charge in [-0.3, -0.25) is 4.79 Å². The van der Waals surface area contributed by atoms with E-state index in [0.29, 0.717) is 25.3 Å². The lowest BCUT2D eigenvalue weighted by atomic mass is 10.0. The number of hydrogen-bond acceptors (Lipinski definition) is 4. The Balaban J connectivity index is 2.68. The van der Waals surface area contributed by atoms with Gasteiger partial charge in [0.2, 0.25) is 10.0 Å². The van der Waals surface area contributed by atoms with Crippen molar-refractivity contribution in [1.29, 1.82) is 0 Å². The van der Waals surface area contributed by atoms with Gasteiger partial charge in [0.15, 0.2) is 0 Å². The Hall–Kier alpha value is -0.620. The first-order chi connectivity index (χ1) is 8.96. The molecule has 0 bridgehead atoms. The van der Waals surface area contributed by atoms with Gasteiger partial charge in [0, 0.05) is 6.54 Å². The summed E-state index contributed by atoms with van der Waals surface area (Å²) >= 11 is 0. The van der Waals surface area contributed by atoms with Crippen LogP contribution in [-0.2, 0) is 19.6 Å². The van der Waals surface area contributed by atoms with E-state index < -0.39 is 27.2 Å². The van der Waals surface area contributed by atoms with Crippen LogP contribution in [0.1, 0.15) is 46.0 Å². The third-order valence-corrected chi connectivity index (χ3v) is 6.01. The first-order valence-electron chi connectivity index (χ1n) is 7.02. The molecular weight excluding hydrogens is 266 g/mol. The van der Waals surface area contributed by atoms with E-state index in [4.69, 9.17) is 4.74 Å². The maximum Gasteiger partial charge on any atom is 0.310 e. The van der Waals surface area contributed by atoms with Gasteiger partial charge in [-0.05, 0) is 18.8 Å². The zero-order valence-electron chi connectivity index (χ0n) is 12.0. The lowest BCUT2D eigenvalue weighted by Gasteiger charge is -2.20. The highest BCUT2D eigenvalue weighted by Gasteiger charge is 2.42. The summed E-state index contributed by atoms with van der Waals surface area (Å²) in [5.41, 5.74) is 0. The molecule has 0 amide bonds. The lowest BCUT2D eigenvalue weighted by molar-refractivity contribution is -0.145. The minimum atomic E-state index is -3.43. The van der Waals surface area contributed by atoms with Gasteiger partial charge in [-0.1, -0.05) is 33.1 Å². The zero-order valence-corrected chi connectivity index (χ0v) is 12.8. The molecule has 112 valence electrons. The number of nitrogens with one attached hydrogen (secondary N) is 1. The van der Waals surface area contributed by atoms with Crippen molar-refractivity contribution in [2.24, 2.45) is 11.8 Å². The van der Waals surface area contributed by atoms with Crippen LogP contribution in [0.2, 0.25) is 0 Å². The maximum absolute atomic E-state index is 12.3. The number of sulfonamides is 1. The van der Waals surface area contributed by atoms with Gasteiger partial charge < -0.3 is 4.74 Å². The molecule has 1 aliphatic rings. The number of hydrogen-bond donors (Lipinski definition) is 1. The van der Waals surface area contributed by atoms with Crippen LogP contribution in [0.4, 0.5) is 0 Å². The largest absolute Gasteiger partial charge is 0.469 e. The molecule has 0 aliphatic heterocycles. The minimum Gasteiger partial charge on any atom is -0.469 e. The number of esters is 1. The molecule has 0 aromatic carbocycles. The van der Waals surface area contributed by atoms with Gasteiger partial charge in [-0.15, -0.1) is 0 Å². The molecule has 6 heteroatoms. The number of carbonyl (C=O) groups excluding carboxylic acids is 1. The van der Waals surface area contributed by atoms with E-state index in [1.54, 1.807) is 0 Å². The second-order valence-corrected chi connectivity index (χ2v) is 7.16. The smallest absolute Gasteiger partial charge is 0.310 e. The van der Waals surface area contributed by atoms with Crippen molar-refractivity contribution in [3.05, 3.63) is 0 Å². The Bertz CT molecular complexity index is 389. The molecule has 0 aromatic rings. The first kappa shape index (κ1) is 16.4. The van der Waals surface area contributed by atoms with E-state index in [2.05, 4.69) is 18.6 Å². The predicted molar refractivity (Wildman–Crippen MR) is 74.1 cm³/mol. The molecular formula is C13H25NO4S. The van der Waals surface area contributed by atoms with Crippen LogP contribution < -0.4 is 4.72 Å². The van der Waals surface area contributed by atoms with Crippen LogP contribution >= 0.6 is 0 Å². The monoisotopic (exact) mass is 291 g/mol. The van der Waals surface area contributed by atoms with Crippen LogP contribution in [0.15, 0.2) is 0 Å². The van der Waals surface area contributed by atoms with Gasteiger partial charge in [0.1, 0.15) is 0 Å². The van der Waals surface area contributed by atoms with Gasteiger partial charge in [0.05, 0.1) is 18.3 Å². The summed E-state index contributed by atoms with van der Waals surface area (Å²) in [6.45, 7) is 4.56. The molecule has 5 nitrogen and oxygen atoms in total. The highest BCUT2D eigenvalue weighted by molar-refractivity contribution is 7.90. The topological polar surface area (TPSA) is 72.5 Å². The van der Waals surface area contributed by atoms with Gasteiger partial charge >= 0.3 is 5.97 Å². The fourth-order valence-corrected chi connectivity index (χ4v) is 4.48. The Labute approximate surface area is 116 Å². The molecule has 1 N–H and O–H groups in total. The van der Waals surface area contributed by atoms with Crippen molar-refractivity contribution < 1.29 is 17.9 Å². The van der Waals surface area contributed by atoms with E-state index in [0.717, 1.165) is 19.3 Å². The molecule has 0 radical (unpaired) electrons. The second kappa shape index (κ2) is 7.24. The van der Waals surface area contributed by atoms with Crippen molar-refractivity contribution in [3.63, 3.8) is 0 Å². The summed E-state index contributed by atoms with van der Waals surface area (Å²) in [4.78, 5) is 11.6. The van der Waals surface area contributed by atoms with Gasteiger partial charge in [-0.2, -0.15) is 0 Å². The fourth-order valence-electron chi connectivity index (χ4n) is 2.64. The molecule has 0 spiro atoms. The number of methoxy groups -OCH3 is 1. The third kappa shape index (κ3) is 4.18.